The van der Waals surface area contributed by atoms with Crippen molar-refractivity contribution >= 4 is 27.4 Å². The van der Waals surface area contributed by atoms with Crippen molar-refractivity contribution in [1.82, 2.24) is 0 Å². The minimum absolute atomic E-state index is 0.0459. The van der Waals surface area contributed by atoms with Gasteiger partial charge in [-0.05, 0) is 36.4 Å². The summed E-state index contributed by atoms with van der Waals surface area (Å²) in [5.41, 5.74) is 0.336. The first-order chi connectivity index (χ1) is 9.56. The number of ketones is 1. The lowest BCUT2D eigenvalue weighted by Gasteiger charge is -2.05. The second-order valence-electron chi connectivity index (χ2n) is 3.97. The summed E-state index contributed by atoms with van der Waals surface area (Å²) in [6.07, 6.45) is 0. The molecule has 2 aromatic rings. The van der Waals surface area contributed by atoms with Crippen LogP contribution >= 0.6 is 15.9 Å². The number of nitro groups is 1. The van der Waals surface area contributed by atoms with Crippen molar-refractivity contribution in [2.24, 2.45) is 0 Å². The van der Waals surface area contributed by atoms with E-state index in [1.807, 2.05) is 12.1 Å². The fraction of sp³-hybridized carbons (Fsp3) is 0.0714. The summed E-state index contributed by atoms with van der Waals surface area (Å²) in [6.45, 7) is -0.112. The zero-order valence-corrected chi connectivity index (χ0v) is 11.9. The molecule has 0 aliphatic rings. The number of Topliss-reactive ketones (excluding diaryl/α,β-unsaturated/α-hetero) is 1. The average Bonchev–Trinajstić information content (AvgIpc) is 2.46. The fourth-order valence-corrected chi connectivity index (χ4v) is 1.80. The van der Waals surface area contributed by atoms with Crippen LogP contribution in [0.5, 0.6) is 5.75 Å². The molecule has 0 aromatic heterocycles. The van der Waals surface area contributed by atoms with E-state index in [4.69, 9.17) is 4.74 Å². The van der Waals surface area contributed by atoms with Crippen molar-refractivity contribution in [3.8, 4) is 5.75 Å². The number of hydrogen-bond acceptors (Lipinski definition) is 4. The number of hydrogen-bond donors (Lipinski definition) is 0. The molecule has 20 heavy (non-hydrogen) atoms. The zero-order valence-electron chi connectivity index (χ0n) is 10.3. The molecule has 2 aromatic carbocycles. The molecular formula is C14H10BrNO4. The van der Waals surface area contributed by atoms with E-state index in [1.165, 1.54) is 24.3 Å². The number of carbonyl (C=O) groups excluding carboxylic acids is 1. The molecule has 0 heterocycles. The van der Waals surface area contributed by atoms with Gasteiger partial charge >= 0.3 is 0 Å². The van der Waals surface area contributed by atoms with Crippen molar-refractivity contribution in [1.29, 1.82) is 0 Å². The third-order valence-corrected chi connectivity index (χ3v) is 3.11. The highest BCUT2D eigenvalue weighted by Gasteiger charge is 2.10. The summed E-state index contributed by atoms with van der Waals surface area (Å²) in [5.74, 6) is 0.353. The number of nitrogens with zero attached hydrogens (tertiary/aromatic N) is 1. The quantitative estimate of drug-likeness (QED) is 0.475. The van der Waals surface area contributed by atoms with E-state index in [9.17, 15) is 14.9 Å². The van der Waals surface area contributed by atoms with Crippen molar-refractivity contribution < 1.29 is 14.5 Å². The Kier molecular flexibility index (Phi) is 4.47. The molecule has 0 fully saturated rings. The van der Waals surface area contributed by atoms with E-state index >= 15 is 0 Å². The number of ether oxygens (including phenoxy) is 1. The normalized spacial score (nSPS) is 10.1. The molecule has 0 N–H and O–H groups in total. The monoisotopic (exact) mass is 335 g/mol. The molecule has 0 bridgehead atoms. The number of nitro benzene ring substituents is 1. The van der Waals surface area contributed by atoms with Gasteiger partial charge in [0.25, 0.3) is 5.69 Å². The van der Waals surface area contributed by atoms with E-state index in [1.54, 1.807) is 12.1 Å². The maximum atomic E-state index is 11.9. The Hall–Kier alpha value is -2.21. The van der Waals surface area contributed by atoms with Crippen LogP contribution < -0.4 is 4.74 Å². The van der Waals surface area contributed by atoms with Crippen LogP contribution in [0, 0.1) is 10.1 Å². The van der Waals surface area contributed by atoms with Crippen molar-refractivity contribution in [3.63, 3.8) is 0 Å². The molecule has 102 valence electrons. The van der Waals surface area contributed by atoms with Crippen LogP contribution in [0.25, 0.3) is 0 Å². The highest BCUT2D eigenvalue weighted by atomic mass is 79.9. The van der Waals surface area contributed by atoms with Crippen molar-refractivity contribution in [2.75, 3.05) is 6.61 Å². The molecule has 0 aliphatic heterocycles. The summed E-state index contributed by atoms with van der Waals surface area (Å²) in [7, 11) is 0. The van der Waals surface area contributed by atoms with Gasteiger partial charge in [-0.25, -0.2) is 0 Å². The highest BCUT2D eigenvalue weighted by Crippen LogP contribution is 2.17. The average molecular weight is 336 g/mol. The van der Waals surface area contributed by atoms with E-state index < -0.39 is 4.92 Å². The molecule has 0 spiro atoms. The smallest absolute Gasteiger partial charge is 0.269 e. The lowest BCUT2D eigenvalue weighted by atomic mass is 10.1. The molecule has 0 saturated heterocycles. The number of rotatable bonds is 5. The van der Waals surface area contributed by atoms with Crippen LogP contribution in [0.2, 0.25) is 0 Å². The predicted molar refractivity (Wildman–Crippen MR) is 77.1 cm³/mol. The molecular weight excluding hydrogens is 326 g/mol. The van der Waals surface area contributed by atoms with Gasteiger partial charge < -0.3 is 4.74 Å². The van der Waals surface area contributed by atoms with Gasteiger partial charge in [0.1, 0.15) is 5.75 Å². The summed E-state index contributed by atoms with van der Waals surface area (Å²) in [5, 5.41) is 10.5. The topological polar surface area (TPSA) is 69.4 Å². The minimum atomic E-state index is -0.507. The third kappa shape index (κ3) is 3.64. The highest BCUT2D eigenvalue weighted by molar-refractivity contribution is 9.10. The molecule has 0 amide bonds. The van der Waals surface area contributed by atoms with Crippen molar-refractivity contribution in [3.05, 3.63) is 68.7 Å². The molecule has 0 radical (unpaired) electrons. The zero-order chi connectivity index (χ0) is 14.5. The van der Waals surface area contributed by atoms with Gasteiger partial charge in [0, 0.05) is 22.2 Å². The van der Waals surface area contributed by atoms with Crippen LogP contribution in [0.1, 0.15) is 10.4 Å². The Morgan fingerprint density at radius 2 is 1.70 bits per heavy atom. The third-order valence-electron chi connectivity index (χ3n) is 2.58. The van der Waals surface area contributed by atoms with Crippen LogP contribution in [-0.2, 0) is 0 Å². The van der Waals surface area contributed by atoms with Gasteiger partial charge in [-0.2, -0.15) is 0 Å². The van der Waals surface area contributed by atoms with Gasteiger partial charge in [0.15, 0.2) is 12.4 Å². The van der Waals surface area contributed by atoms with Crippen LogP contribution in [0.4, 0.5) is 5.69 Å². The Bertz CT molecular complexity index is 623. The van der Waals surface area contributed by atoms with Crippen molar-refractivity contribution in [2.45, 2.75) is 0 Å². The standard InChI is InChI=1S/C14H10BrNO4/c15-11-3-7-13(8-4-11)20-9-14(17)10-1-5-12(6-2-10)16(18)19/h1-8H,9H2. The van der Waals surface area contributed by atoms with Crippen LogP contribution in [-0.4, -0.2) is 17.3 Å². The van der Waals surface area contributed by atoms with E-state index in [2.05, 4.69) is 15.9 Å². The Morgan fingerprint density at radius 3 is 2.25 bits per heavy atom. The molecule has 0 saturated carbocycles. The maximum Gasteiger partial charge on any atom is 0.269 e. The number of carbonyl (C=O) groups is 1. The SMILES string of the molecule is O=C(COc1ccc(Br)cc1)c1ccc([N+](=O)[O-])cc1. The molecule has 0 aliphatic carbocycles. The molecule has 0 atom stereocenters. The largest absolute Gasteiger partial charge is 0.485 e. The van der Waals surface area contributed by atoms with Gasteiger partial charge in [-0.1, -0.05) is 15.9 Å². The molecule has 5 nitrogen and oxygen atoms in total. The van der Waals surface area contributed by atoms with E-state index in [0.717, 1.165) is 4.47 Å². The molecule has 2 rings (SSSR count). The van der Waals surface area contributed by atoms with Crippen LogP contribution in [0.15, 0.2) is 53.0 Å². The lowest BCUT2D eigenvalue weighted by molar-refractivity contribution is -0.384. The van der Waals surface area contributed by atoms with E-state index in [-0.39, 0.29) is 18.1 Å². The number of non-ortho nitro benzene ring substituents is 1. The maximum absolute atomic E-state index is 11.9. The molecule has 6 heteroatoms. The second kappa shape index (κ2) is 6.29. The number of benzene rings is 2. The van der Waals surface area contributed by atoms with Gasteiger partial charge in [0.2, 0.25) is 0 Å². The van der Waals surface area contributed by atoms with Gasteiger partial charge in [0.05, 0.1) is 4.92 Å². The lowest BCUT2D eigenvalue weighted by Crippen LogP contribution is -2.11. The first kappa shape index (κ1) is 14.2. The Morgan fingerprint density at radius 1 is 1.10 bits per heavy atom. The summed E-state index contributed by atoms with van der Waals surface area (Å²) < 4.78 is 6.27. The van der Waals surface area contributed by atoms with Crippen LogP contribution in [0.3, 0.4) is 0 Å². The summed E-state index contributed by atoms with van der Waals surface area (Å²) in [4.78, 5) is 21.9. The number of halogens is 1. The predicted octanol–water partition coefficient (Wildman–Crippen LogP) is 3.62. The first-order valence-corrected chi connectivity index (χ1v) is 6.51. The molecule has 0 unspecified atom stereocenters. The Balaban J connectivity index is 1.97. The minimum Gasteiger partial charge on any atom is -0.485 e. The summed E-state index contributed by atoms with van der Waals surface area (Å²) in [6, 6.07) is 12.5. The first-order valence-electron chi connectivity index (χ1n) is 5.72. The Labute approximate surface area is 123 Å². The second-order valence-corrected chi connectivity index (χ2v) is 4.89. The summed E-state index contributed by atoms with van der Waals surface area (Å²) >= 11 is 3.30. The van der Waals surface area contributed by atoms with Gasteiger partial charge in [-0.15, -0.1) is 0 Å². The fourth-order valence-electron chi connectivity index (χ4n) is 1.53. The van der Waals surface area contributed by atoms with E-state index in [0.29, 0.717) is 11.3 Å². The van der Waals surface area contributed by atoms with Gasteiger partial charge in [-0.3, -0.25) is 14.9 Å².